The number of rotatable bonds is 10. The summed E-state index contributed by atoms with van der Waals surface area (Å²) in [4.78, 5) is 139. The fraction of sp³-hybridized carbons (Fsp3) is 0.351. The second-order valence-electron chi connectivity index (χ2n) is 32.8. The van der Waals surface area contributed by atoms with Crippen LogP contribution in [0.5, 0.6) is 0 Å². The van der Waals surface area contributed by atoms with Gasteiger partial charge in [0, 0.05) is 136 Å². The van der Waals surface area contributed by atoms with Gasteiger partial charge in [0.15, 0.2) is 0 Å². The van der Waals surface area contributed by atoms with Crippen LogP contribution < -0.4 is 10.2 Å². The summed E-state index contributed by atoms with van der Waals surface area (Å²) in [5.74, 6) is 0.0412. The Morgan fingerprint density at radius 1 is 0.474 bits per heavy atom. The second kappa shape index (κ2) is 51.5. The number of aromatic nitrogens is 6. The first kappa shape index (κ1) is 106. The van der Waals surface area contributed by atoms with Crippen molar-refractivity contribution < 1.29 is 57.6 Å². The Balaban J connectivity index is 0.000000172. The molecular formula is C97H106Cl3I4N17O12. The van der Waals surface area contributed by atoms with E-state index in [4.69, 9.17) is 47.8 Å². The van der Waals surface area contributed by atoms with E-state index in [1.54, 1.807) is 112 Å². The van der Waals surface area contributed by atoms with Gasteiger partial charge in [0.05, 0.1) is 106 Å². The molecule has 1 aliphatic carbocycles. The van der Waals surface area contributed by atoms with Crippen molar-refractivity contribution >= 4 is 200 Å². The van der Waals surface area contributed by atoms with Crippen molar-refractivity contribution in [2.45, 2.75) is 143 Å². The predicted octanol–water partition coefficient (Wildman–Crippen LogP) is 19.5. The third-order valence-electron chi connectivity index (χ3n) is 21.2. The number of esters is 2. The van der Waals surface area contributed by atoms with Gasteiger partial charge < -0.3 is 49.0 Å². The number of benzene rings is 6. The van der Waals surface area contributed by atoms with E-state index in [1.165, 1.54) is 75.9 Å². The number of carboxylic acids is 1. The van der Waals surface area contributed by atoms with Gasteiger partial charge in [0.1, 0.15) is 20.5 Å². The summed E-state index contributed by atoms with van der Waals surface area (Å²) in [6.07, 6.45) is 19.2. The maximum Gasteiger partial charge on any atom is 0.407 e. The van der Waals surface area contributed by atoms with Gasteiger partial charge in [-0.3, -0.25) is 44.3 Å². The van der Waals surface area contributed by atoms with E-state index in [1.807, 2.05) is 131 Å². The van der Waals surface area contributed by atoms with Gasteiger partial charge in [-0.15, -0.1) is 12.4 Å². The highest BCUT2D eigenvalue weighted by atomic mass is 127. The maximum absolute atomic E-state index is 12.3. The van der Waals surface area contributed by atoms with Gasteiger partial charge in [-0.1, -0.05) is 62.6 Å². The molecule has 9 aliphatic rings. The van der Waals surface area contributed by atoms with Crippen LogP contribution in [0.3, 0.4) is 0 Å². The number of carboxylic acid groups (broad SMARTS) is 1. The minimum absolute atomic E-state index is 0. The summed E-state index contributed by atoms with van der Waals surface area (Å²) in [6.45, 7) is 16.8. The lowest BCUT2D eigenvalue weighted by molar-refractivity contribution is 0.0490. The summed E-state index contributed by atoms with van der Waals surface area (Å²) >= 11 is 19.9. The number of hydrogen-bond acceptors (Lipinski definition) is 24. The van der Waals surface area contributed by atoms with Crippen LogP contribution in [-0.2, 0) is 58.2 Å². The molecule has 0 unspecified atom stereocenters. The quantitative estimate of drug-likeness (QED) is 0.0556. The van der Waals surface area contributed by atoms with Crippen molar-refractivity contribution in [3.63, 3.8) is 0 Å². The Labute approximate surface area is 846 Å². The highest BCUT2D eigenvalue weighted by Gasteiger charge is 2.28. The van der Waals surface area contributed by atoms with Crippen LogP contribution in [-0.4, -0.2) is 206 Å². The fourth-order valence-electron chi connectivity index (χ4n) is 14.1. The molecule has 3 aromatic heterocycles. The van der Waals surface area contributed by atoms with E-state index >= 15 is 0 Å². The molecule has 29 nitrogen and oxygen atoms in total. The predicted molar refractivity (Wildman–Crippen MR) is 557 cm³/mol. The largest absolute Gasteiger partial charge is 0.502 e. The van der Waals surface area contributed by atoms with Crippen LogP contribution in [0.1, 0.15) is 231 Å². The van der Waals surface area contributed by atoms with Crippen LogP contribution in [0.4, 0.5) is 10.7 Å². The number of ether oxygens (including phenoxy) is 4. The molecule has 11 heterocycles. The van der Waals surface area contributed by atoms with Gasteiger partial charge >= 0.3 is 24.0 Å². The molecule has 0 bridgehead atoms. The maximum atomic E-state index is 12.3. The van der Waals surface area contributed by atoms with E-state index in [0.717, 1.165) is 157 Å². The number of halogens is 7. The average molecular weight is 2320 g/mol. The van der Waals surface area contributed by atoms with E-state index in [0.29, 0.717) is 64.5 Å². The van der Waals surface area contributed by atoms with Crippen molar-refractivity contribution in [2.24, 2.45) is 35.9 Å². The number of methoxy groups -OCH3 is 2. The van der Waals surface area contributed by atoms with Gasteiger partial charge in [0.25, 0.3) is 17.7 Å². The number of aromatic carboxylic acids is 1. The molecule has 2 N–H and O–H groups in total. The first-order valence-electron chi connectivity index (χ1n) is 42.6. The number of carbonyl (C=O) groups excluding carboxylic acids is 6. The highest BCUT2D eigenvalue weighted by molar-refractivity contribution is 14.1. The van der Waals surface area contributed by atoms with Crippen LogP contribution in [0, 0.1) is 12.8 Å². The van der Waals surface area contributed by atoms with E-state index in [9.17, 15) is 33.6 Å². The van der Waals surface area contributed by atoms with Crippen molar-refractivity contribution in [1.82, 2.24) is 49.9 Å². The first-order chi connectivity index (χ1) is 63.1. The Morgan fingerprint density at radius 3 is 1.20 bits per heavy atom. The number of piperidine rings is 1. The molecule has 18 rings (SSSR count). The number of nitrogens with one attached hydrogen (secondary N) is 1. The SMILES string of the molecule is C1=COCCC1.CC(C)(C)OC(=O)NC1CCCCC1.CC1CCN(c2nccc(C3=NCc4ccc(C(=O)N(C)C)cc43)n2)CC1.CN(C)C(=O)c1ccc2c(c1)C(I)=NC2.CN(C)C(=O)c1ccc2c(c1)C(c1ccnc(Cl)n1)=NC2.COC(=O)c1ccc2c(c1)C(I)=NC2.COC(=O)c1ccc2c(c1)C(I)=NC2.Cc1ccnc(Cl)n1.Cl.O=C(O)c1ccc2c(c1)C(I)=NC2. The molecule has 700 valence electrons. The van der Waals surface area contributed by atoms with Gasteiger partial charge in [-0.2, -0.15) is 0 Å². The Bertz CT molecular complexity index is 5840. The van der Waals surface area contributed by atoms with Crippen molar-refractivity contribution in [1.29, 1.82) is 0 Å². The van der Waals surface area contributed by atoms with Crippen molar-refractivity contribution in [2.75, 3.05) is 81.1 Å². The third-order valence-corrected chi connectivity index (χ3v) is 25.3. The molecule has 36 heteroatoms. The molecule has 0 radical (unpaired) electrons. The lowest BCUT2D eigenvalue weighted by atomic mass is 9.96. The summed E-state index contributed by atoms with van der Waals surface area (Å²) in [5, 5.41) is 12.2. The Hall–Kier alpha value is -10.2. The zero-order chi connectivity index (χ0) is 95.5. The van der Waals surface area contributed by atoms with E-state index in [-0.39, 0.29) is 53.4 Å². The molecule has 1 saturated heterocycles. The van der Waals surface area contributed by atoms with E-state index in [2.05, 4.69) is 167 Å². The number of carbonyl (C=O) groups is 7. The second-order valence-corrected chi connectivity index (χ2v) is 37.6. The van der Waals surface area contributed by atoms with Crippen LogP contribution in [0.15, 0.2) is 188 Å². The standard InChI is InChI=1S/C21H25N5O.C15H13ClN4O.C11H11IN2O.C11H21NO2.2C10H8INO2.C9H6INO2.C5H5ClN2.C5H8O.ClH/c1-14-7-10-26(11-8-14)21-22-9-6-18(24-21)19-17-12-15(20(27)25(2)3)4-5-16(17)13-23-19;1-20(2)14(21)9-3-4-10-8-18-13(11(10)7-9)12-5-6-17-15(16)19-12;1-14(2)11(15)7-3-4-8-6-13-10(12)9(8)5-7;1-11(2,3)14-10(13)12-9-7-5-4-6-8-9;2*1-14-10(13)6-2-3-7-5-12-9(11)8(7)4-6;10-8-7-3-5(9(12)13)1-2-6(7)4-11-8;1-4-2-3-7-5(6)8-4;1-2-4-6-5-3-1;/h4-6,9,12,14H,7-8,10-11,13H2,1-3H3;3-7H,8H2,1-2H3;3-5H,6H2,1-2H3;9H,4-8H2,1-3H3,(H,12,13);2*2-4H,5H2,1H3;1-3H,4H2,(H,12,13);2-3H,1H3;2,4H,1,3,5H2;1H. The van der Waals surface area contributed by atoms with Crippen molar-refractivity contribution in [3.8, 4) is 0 Å². The molecule has 4 amide bonds. The lowest BCUT2D eigenvalue weighted by Crippen LogP contribution is -2.39. The summed E-state index contributed by atoms with van der Waals surface area (Å²) in [6, 6.07) is 39.2. The molecule has 0 spiro atoms. The Kier molecular flexibility index (Phi) is 41.2. The monoisotopic (exact) mass is 2310 g/mol. The number of hydrogen-bond donors (Lipinski definition) is 2. The number of aliphatic imine (C=N–C) groups is 6. The highest BCUT2D eigenvalue weighted by Crippen LogP contribution is 2.32. The summed E-state index contributed by atoms with van der Waals surface area (Å²) in [7, 11) is 13.3. The first-order valence-corrected chi connectivity index (χ1v) is 47.7. The number of alkyl carbamates (subject to hydrolysis) is 1. The van der Waals surface area contributed by atoms with Gasteiger partial charge in [-0.05, 0) is 316 Å². The lowest BCUT2D eigenvalue weighted by Gasteiger charge is -2.30. The Morgan fingerprint density at radius 2 is 0.842 bits per heavy atom. The third kappa shape index (κ3) is 31.2. The topological polar surface area (TPSA) is 353 Å². The number of anilines is 1. The molecule has 8 aliphatic heterocycles. The van der Waals surface area contributed by atoms with Gasteiger partial charge in [0.2, 0.25) is 16.5 Å². The molecule has 1 saturated carbocycles. The van der Waals surface area contributed by atoms with Crippen LogP contribution >= 0.6 is 126 Å². The van der Waals surface area contributed by atoms with Gasteiger partial charge in [-0.25, -0.2) is 49.1 Å². The van der Waals surface area contributed by atoms with Crippen LogP contribution in [0.2, 0.25) is 10.6 Å². The zero-order valence-corrected chi connectivity index (χ0v) is 87.1. The number of fused-ring (bicyclic) bond motifs is 6. The molecular weight excluding hydrogens is 2210 g/mol. The van der Waals surface area contributed by atoms with Crippen LogP contribution in [0.25, 0.3) is 0 Å². The molecule has 0 atom stereocenters. The van der Waals surface area contributed by atoms with Crippen molar-refractivity contribution in [3.05, 3.63) is 286 Å². The number of aryl methyl sites for hydroxylation is 1. The normalized spacial score (nSPS) is 14.6. The summed E-state index contributed by atoms with van der Waals surface area (Å²) < 4.78 is 23.2. The average Bonchev–Trinajstić information content (AvgIpc) is 1.65. The molecule has 6 aromatic carbocycles. The minimum atomic E-state index is -0.890. The number of allylic oxidation sites excluding steroid dienone is 1. The molecule has 2 fully saturated rings. The van der Waals surface area contributed by atoms with E-state index < -0.39 is 11.6 Å². The smallest absolute Gasteiger partial charge is 0.407 e. The number of amides is 4. The summed E-state index contributed by atoms with van der Waals surface area (Å²) in [5.41, 5.74) is 20.1. The minimum Gasteiger partial charge on any atom is -0.502 e. The molecule has 133 heavy (non-hydrogen) atoms. The number of nitrogens with zero attached hydrogens (tertiary/aromatic N) is 16. The molecule has 9 aromatic rings. The fourth-order valence-corrected chi connectivity index (χ4v) is 17.2. The zero-order valence-electron chi connectivity index (χ0n) is 76.2.